The number of allylic oxidation sites excluding steroid dienone is 2. The van der Waals surface area contributed by atoms with E-state index in [0.717, 1.165) is 28.4 Å². The number of hydrogen-bond acceptors (Lipinski definition) is 3. The molecule has 0 fully saturated rings. The highest BCUT2D eigenvalue weighted by Gasteiger charge is 2.13. The molecule has 0 bridgehead atoms. The molecule has 0 spiro atoms. The first-order chi connectivity index (χ1) is 11.4. The maximum Gasteiger partial charge on any atom is 0.124 e. The van der Waals surface area contributed by atoms with Crippen LogP contribution in [0.1, 0.15) is 12.0 Å². The van der Waals surface area contributed by atoms with E-state index in [9.17, 15) is 0 Å². The lowest BCUT2D eigenvalue weighted by Gasteiger charge is -2.14. The maximum absolute atomic E-state index is 4.85. The molecule has 0 saturated heterocycles. The summed E-state index contributed by atoms with van der Waals surface area (Å²) in [5, 5.41) is 6.52. The summed E-state index contributed by atoms with van der Waals surface area (Å²) < 4.78 is 0. The summed E-state index contributed by atoms with van der Waals surface area (Å²) in [5.41, 5.74) is 5.72. The Morgan fingerprint density at radius 3 is 2.48 bits per heavy atom. The van der Waals surface area contributed by atoms with E-state index in [4.69, 9.17) is 4.98 Å². The van der Waals surface area contributed by atoms with Crippen LogP contribution in [0.4, 0.5) is 0 Å². The predicted octanol–water partition coefficient (Wildman–Crippen LogP) is 5.33. The van der Waals surface area contributed by atoms with E-state index in [0.29, 0.717) is 0 Å². The molecule has 0 unspecified atom stereocenters. The molecule has 23 heavy (non-hydrogen) atoms. The second-order valence-electron chi connectivity index (χ2n) is 5.35. The zero-order valence-electron chi connectivity index (χ0n) is 12.6. The summed E-state index contributed by atoms with van der Waals surface area (Å²) in [6.07, 6.45) is 7.29. The average Bonchev–Trinajstić information content (AvgIpc) is 3.13. The molecule has 2 aromatic carbocycles. The van der Waals surface area contributed by atoms with Crippen LogP contribution in [0, 0.1) is 0 Å². The second-order valence-corrected chi connectivity index (χ2v) is 6.21. The van der Waals surface area contributed by atoms with Crippen molar-refractivity contribution in [3.63, 3.8) is 0 Å². The minimum atomic E-state index is 0.962. The van der Waals surface area contributed by atoms with Crippen molar-refractivity contribution in [3.05, 3.63) is 83.9 Å². The molecule has 4 rings (SSSR count). The van der Waals surface area contributed by atoms with E-state index in [1.54, 1.807) is 11.3 Å². The fourth-order valence-corrected chi connectivity index (χ4v) is 3.56. The van der Waals surface area contributed by atoms with Crippen LogP contribution in [-0.2, 0) is 0 Å². The lowest BCUT2D eigenvalue weighted by Crippen LogP contribution is -2.07. The van der Waals surface area contributed by atoms with E-state index in [1.165, 1.54) is 11.1 Å². The van der Waals surface area contributed by atoms with Crippen molar-refractivity contribution in [2.45, 2.75) is 6.42 Å². The molecular formula is C20H16N2S. The number of dihydropyridines is 1. The fraction of sp³-hybridized carbons (Fsp3) is 0.0500. The van der Waals surface area contributed by atoms with Crippen molar-refractivity contribution in [2.24, 2.45) is 0 Å². The third kappa shape index (κ3) is 2.83. The van der Waals surface area contributed by atoms with Crippen LogP contribution < -0.4 is 5.32 Å². The number of benzene rings is 2. The molecule has 1 aliphatic heterocycles. The van der Waals surface area contributed by atoms with Gasteiger partial charge in [0.05, 0.1) is 5.69 Å². The lowest BCUT2D eigenvalue weighted by molar-refractivity contribution is 1.13. The molecule has 3 heteroatoms. The molecular weight excluding hydrogens is 300 g/mol. The van der Waals surface area contributed by atoms with Gasteiger partial charge in [-0.3, -0.25) is 0 Å². The van der Waals surface area contributed by atoms with Crippen molar-refractivity contribution < 1.29 is 0 Å². The van der Waals surface area contributed by atoms with E-state index in [2.05, 4.69) is 59.2 Å². The van der Waals surface area contributed by atoms with Gasteiger partial charge in [0.15, 0.2) is 0 Å². The topological polar surface area (TPSA) is 24.9 Å². The number of nitrogens with one attached hydrogen (secondary N) is 1. The smallest absolute Gasteiger partial charge is 0.124 e. The van der Waals surface area contributed by atoms with Gasteiger partial charge in [0.2, 0.25) is 0 Å². The van der Waals surface area contributed by atoms with Gasteiger partial charge < -0.3 is 5.32 Å². The Balaban J connectivity index is 1.75. The normalized spacial score (nSPS) is 13.5. The molecule has 0 atom stereocenters. The van der Waals surface area contributed by atoms with Gasteiger partial charge >= 0.3 is 0 Å². The van der Waals surface area contributed by atoms with Crippen LogP contribution in [-0.4, -0.2) is 4.98 Å². The summed E-state index contributed by atoms with van der Waals surface area (Å²) in [5.74, 6) is 0. The molecule has 2 heterocycles. The molecule has 1 N–H and O–H groups in total. The Labute approximate surface area is 139 Å². The minimum Gasteiger partial charge on any atom is -0.362 e. The average molecular weight is 316 g/mol. The Bertz CT molecular complexity index is 875. The van der Waals surface area contributed by atoms with Gasteiger partial charge in [-0.15, -0.1) is 11.3 Å². The first-order valence-corrected chi connectivity index (χ1v) is 8.52. The highest BCUT2D eigenvalue weighted by molar-refractivity contribution is 7.13. The largest absolute Gasteiger partial charge is 0.362 e. The molecule has 0 radical (unpaired) electrons. The number of hydrogen-bond donors (Lipinski definition) is 1. The van der Waals surface area contributed by atoms with Gasteiger partial charge in [0.25, 0.3) is 0 Å². The SMILES string of the molecule is C1=CNC(c2ccccc2-c2nc(-c3ccccc3)cs2)=CC1. The molecule has 112 valence electrons. The second kappa shape index (κ2) is 6.23. The van der Waals surface area contributed by atoms with Crippen LogP contribution >= 0.6 is 11.3 Å². The van der Waals surface area contributed by atoms with Crippen molar-refractivity contribution >= 4 is 17.0 Å². The van der Waals surface area contributed by atoms with Crippen molar-refractivity contribution in [3.8, 4) is 21.8 Å². The standard InChI is InChI=1S/C20H16N2S/c1-2-8-15(9-3-1)19-14-23-20(22-19)17-11-5-4-10-16(17)18-12-6-7-13-21-18/h1-5,7-14,21H,6H2. The number of nitrogens with zero attached hydrogens (tertiary/aromatic N) is 1. The van der Waals surface area contributed by atoms with Crippen LogP contribution in [0.5, 0.6) is 0 Å². The molecule has 0 saturated carbocycles. The first-order valence-electron chi connectivity index (χ1n) is 7.64. The highest BCUT2D eigenvalue weighted by atomic mass is 32.1. The lowest BCUT2D eigenvalue weighted by atomic mass is 10.0. The third-order valence-electron chi connectivity index (χ3n) is 3.84. The Morgan fingerprint density at radius 1 is 0.913 bits per heavy atom. The van der Waals surface area contributed by atoms with E-state index >= 15 is 0 Å². The summed E-state index contributed by atoms with van der Waals surface area (Å²) in [6.45, 7) is 0. The third-order valence-corrected chi connectivity index (χ3v) is 4.71. The van der Waals surface area contributed by atoms with Gasteiger partial charge in [0.1, 0.15) is 5.01 Å². The van der Waals surface area contributed by atoms with Crippen LogP contribution in [0.3, 0.4) is 0 Å². The van der Waals surface area contributed by atoms with Crippen LogP contribution in [0.2, 0.25) is 0 Å². The molecule has 2 nitrogen and oxygen atoms in total. The first kappa shape index (κ1) is 14.0. The summed E-state index contributed by atoms with van der Waals surface area (Å²) in [4.78, 5) is 4.85. The van der Waals surface area contributed by atoms with E-state index in [1.807, 2.05) is 24.4 Å². The molecule has 0 aliphatic carbocycles. The fourth-order valence-electron chi connectivity index (χ4n) is 2.69. The van der Waals surface area contributed by atoms with Crippen LogP contribution in [0.15, 0.2) is 78.3 Å². The zero-order valence-corrected chi connectivity index (χ0v) is 13.4. The van der Waals surface area contributed by atoms with Gasteiger partial charge in [-0.25, -0.2) is 4.98 Å². The van der Waals surface area contributed by atoms with Gasteiger partial charge in [-0.1, -0.05) is 66.7 Å². The number of rotatable bonds is 3. The van der Waals surface area contributed by atoms with Gasteiger partial charge in [0, 0.05) is 27.8 Å². The Kier molecular flexibility index (Phi) is 3.78. The quantitative estimate of drug-likeness (QED) is 0.707. The van der Waals surface area contributed by atoms with Crippen LogP contribution in [0.25, 0.3) is 27.5 Å². The van der Waals surface area contributed by atoms with Crippen molar-refractivity contribution in [1.82, 2.24) is 10.3 Å². The van der Waals surface area contributed by atoms with Gasteiger partial charge in [-0.2, -0.15) is 0 Å². The number of aromatic nitrogens is 1. The van der Waals surface area contributed by atoms with E-state index in [-0.39, 0.29) is 0 Å². The molecule has 0 amide bonds. The van der Waals surface area contributed by atoms with Crippen molar-refractivity contribution in [2.75, 3.05) is 0 Å². The summed E-state index contributed by atoms with van der Waals surface area (Å²) in [6, 6.07) is 18.8. The van der Waals surface area contributed by atoms with E-state index < -0.39 is 0 Å². The Hall–Kier alpha value is -2.65. The van der Waals surface area contributed by atoms with Crippen molar-refractivity contribution in [1.29, 1.82) is 0 Å². The predicted molar refractivity (Wildman–Crippen MR) is 97.9 cm³/mol. The zero-order chi connectivity index (χ0) is 15.5. The minimum absolute atomic E-state index is 0.962. The molecule has 3 aromatic rings. The molecule has 1 aliphatic rings. The number of thiazole rings is 1. The Morgan fingerprint density at radius 2 is 1.70 bits per heavy atom. The summed E-state index contributed by atoms with van der Waals surface area (Å²) in [7, 11) is 0. The highest BCUT2D eigenvalue weighted by Crippen LogP contribution is 2.33. The summed E-state index contributed by atoms with van der Waals surface area (Å²) >= 11 is 1.69. The maximum atomic E-state index is 4.85. The molecule has 1 aromatic heterocycles. The van der Waals surface area contributed by atoms with Gasteiger partial charge in [-0.05, 0) is 12.6 Å². The monoisotopic (exact) mass is 316 g/mol.